The van der Waals surface area contributed by atoms with Crippen LogP contribution in [0.4, 0.5) is 0 Å². The number of Topliss-reactive ketones (excluding diaryl/α,β-unsaturated/α-hetero) is 1. The minimum absolute atomic E-state index is 0.466. The van der Waals surface area contributed by atoms with E-state index >= 15 is 0 Å². The van der Waals surface area contributed by atoms with Gasteiger partial charge in [0.1, 0.15) is 5.78 Å². The molecule has 1 aliphatic heterocycles. The van der Waals surface area contributed by atoms with Crippen LogP contribution in [0.3, 0.4) is 0 Å². The van der Waals surface area contributed by atoms with Gasteiger partial charge in [0.05, 0.1) is 0 Å². The van der Waals surface area contributed by atoms with Crippen molar-refractivity contribution in [2.75, 3.05) is 0 Å². The lowest BCUT2D eigenvalue weighted by molar-refractivity contribution is -0.116. The van der Waals surface area contributed by atoms with Gasteiger partial charge in [-0.05, 0) is 6.04 Å². The van der Waals surface area contributed by atoms with E-state index in [1.165, 1.54) is 6.04 Å². The molecule has 0 N–H and O–H groups in total. The van der Waals surface area contributed by atoms with E-state index in [0.717, 1.165) is 22.0 Å². The van der Waals surface area contributed by atoms with E-state index in [9.17, 15) is 4.79 Å². The van der Waals surface area contributed by atoms with Crippen molar-refractivity contribution in [1.82, 2.24) is 0 Å². The second-order valence-corrected chi connectivity index (χ2v) is 2.82. The third-order valence-electron chi connectivity index (χ3n) is 0.903. The summed E-state index contributed by atoms with van der Waals surface area (Å²) in [6.07, 6.45) is 0.860. The Bertz CT molecular complexity index is 61.9. The molecule has 0 aromatic rings. The smallest absolute Gasteiger partial charge is 0.129 e. The molecular formula is C4H6OSi. The van der Waals surface area contributed by atoms with E-state index in [2.05, 4.69) is 0 Å². The first-order chi connectivity index (χ1) is 2.89. The second kappa shape index (κ2) is 1.56. The Kier molecular flexibility index (Phi) is 1.05. The normalized spacial score (nSPS) is 22.3. The molecule has 32 valence electrons. The molecule has 1 aliphatic rings. The minimum Gasteiger partial charge on any atom is -0.300 e. The average molecular weight is 98.2 g/mol. The maximum atomic E-state index is 10.2. The van der Waals surface area contributed by atoms with Gasteiger partial charge < -0.3 is 4.79 Å². The molecule has 6 heavy (non-hydrogen) atoms. The van der Waals surface area contributed by atoms with E-state index in [0.29, 0.717) is 5.78 Å². The highest BCUT2D eigenvalue weighted by Gasteiger charge is 2.08. The SMILES string of the molecule is O=C1CC[Si]C1. The van der Waals surface area contributed by atoms with Crippen LogP contribution in [0, 0.1) is 0 Å². The van der Waals surface area contributed by atoms with Gasteiger partial charge in [-0.3, -0.25) is 0 Å². The Labute approximate surface area is 39.6 Å². The summed E-state index contributed by atoms with van der Waals surface area (Å²) in [5.41, 5.74) is 0. The Morgan fingerprint density at radius 2 is 2.50 bits per heavy atom. The molecule has 1 rings (SSSR count). The topological polar surface area (TPSA) is 17.1 Å². The maximum Gasteiger partial charge on any atom is 0.129 e. The zero-order valence-electron chi connectivity index (χ0n) is 3.53. The van der Waals surface area contributed by atoms with Crippen LogP contribution >= 0.6 is 0 Å². The van der Waals surface area contributed by atoms with Gasteiger partial charge >= 0.3 is 0 Å². The highest BCUT2D eigenvalue weighted by molar-refractivity contribution is 6.45. The number of carbonyl (C=O) groups excluding carboxylic acids is 1. The maximum absolute atomic E-state index is 10.2. The van der Waals surface area contributed by atoms with Crippen LogP contribution in [0.25, 0.3) is 0 Å². The summed E-state index contributed by atoms with van der Waals surface area (Å²) in [5, 5.41) is 0. The number of hydrogen-bond acceptors (Lipinski definition) is 1. The highest BCUT2D eigenvalue weighted by Crippen LogP contribution is 2.05. The molecule has 0 atom stereocenters. The fraction of sp³-hybridized carbons (Fsp3) is 0.750. The average Bonchev–Trinajstić information content (AvgIpc) is 1.86. The molecule has 1 fully saturated rings. The highest BCUT2D eigenvalue weighted by atomic mass is 28.2. The van der Waals surface area contributed by atoms with Crippen molar-refractivity contribution < 1.29 is 4.79 Å². The van der Waals surface area contributed by atoms with Crippen LogP contribution in [-0.2, 0) is 4.79 Å². The minimum atomic E-state index is 0.466. The lowest BCUT2D eigenvalue weighted by atomic mass is 10.4. The van der Waals surface area contributed by atoms with Gasteiger partial charge in [0.25, 0.3) is 0 Å². The molecule has 0 aliphatic carbocycles. The molecule has 1 nitrogen and oxygen atoms in total. The first-order valence-corrected chi connectivity index (χ1v) is 3.53. The third kappa shape index (κ3) is 0.683. The molecule has 0 aromatic heterocycles. The predicted molar refractivity (Wildman–Crippen MR) is 25.0 cm³/mol. The Morgan fingerprint density at radius 3 is 2.67 bits per heavy atom. The quantitative estimate of drug-likeness (QED) is 0.403. The van der Waals surface area contributed by atoms with Crippen LogP contribution in [0.15, 0.2) is 0 Å². The van der Waals surface area contributed by atoms with Gasteiger partial charge in [-0.1, -0.05) is 6.04 Å². The summed E-state index contributed by atoms with van der Waals surface area (Å²) >= 11 is 0. The number of rotatable bonds is 0. The lowest BCUT2D eigenvalue weighted by Gasteiger charge is -1.71. The molecule has 0 amide bonds. The molecule has 0 unspecified atom stereocenters. The van der Waals surface area contributed by atoms with Gasteiger partial charge in [0.2, 0.25) is 0 Å². The first kappa shape index (κ1) is 4.06. The first-order valence-electron chi connectivity index (χ1n) is 2.12. The molecule has 0 saturated carbocycles. The van der Waals surface area contributed by atoms with Crippen molar-refractivity contribution in [3.05, 3.63) is 0 Å². The molecular weight excluding hydrogens is 92.1 g/mol. The molecule has 0 spiro atoms. The van der Waals surface area contributed by atoms with E-state index in [1.807, 2.05) is 0 Å². The summed E-state index contributed by atoms with van der Waals surface area (Å²) < 4.78 is 0. The largest absolute Gasteiger partial charge is 0.300 e. The fourth-order valence-corrected chi connectivity index (χ4v) is 1.63. The monoisotopic (exact) mass is 98.0 g/mol. The zero-order valence-corrected chi connectivity index (χ0v) is 4.53. The van der Waals surface area contributed by atoms with Gasteiger partial charge in [0, 0.05) is 15.9 Å². The summed E-state index contributed by atoms with van der Waals surface area (Å²) in [6, 6.07) is 2.04. The molecule has 0 bridgehead atoms. The van der Waals surface area contributed by atoms with Crippen molar-refractivity contribution in [3.63, 3.8) is 0 Å². The number of ketones is 1. The van der Waals surface area contributed by atoms with Gasteiger partial charge in [-0.25, -0.2) is 0 Å². The van der Waals surface area contributed by atoms with Crippen LogP contribution in [0.5, 0.6) is 0 Å². The van der Waals surface area contributed by atoms with Crippen LogP contribution in [-0.4, -0.2) is 15.3 Å². The van der Waals surface area contributed by atoms with E-state index in [-0.39, 0.29) is 0 Å². The van der Waals surface area contributed by atoms with Crippen LogP contribution in [0.1, 0.15) is 6.42 Å². The zero-order chi connectivity index (χ0) is 4.41. The third-order valence-corrected chi connectivity index (χ3v) is 2.15. The standard InChI is InChI=1S/C4H6OSi/c5-4-1-2-6-3-4/h1-3H2. The van der Waals surface area contributed by atoms with Crippen molar-refractivity contribution in [3.8, 4) is 0 Å². The molecule has 1 heterocycles. The number of carbonyl (C=O) groups is 1. The lowest BCUT2D eigenvalue weighted by Crippen LogP contribution is -1.83. The van der Waals surface area contributed by atoms with Crippen LogP contribution in [0.2, 0.25) is 12.1 Å². The molecule has 2 radical (unpaired) electrons. The summed E-state index contributed by atoms with van der Waals surface area (Å²) in [4.78, 5) is 10.2. The van der Waals surface area contributed by atoms with Crippen LogP contribution < -0.4 is 0 Å². The van der Waals surface area contributed by atoms with E-state index in [1.54, 1.807) is 0 Å². The number of hydrogen-bond donors (Lipinski definition) is 0. The van der Waals surface area contributed by atoms with Crippen molar-refractivity contribution in [1.29, 1.82) is 0 Å². The van der Waals surface area contributed by atoms with E-state index in [4.69, 9.17) is 0 Å². The summed E-state index contributed by atoms with van der Waals surface area (Å²) in [6.45, 7) is 0. The van der Waals surface area contributed by atoms with Crippen molar-refractivity contribution in [2.24, 2.45) is 0 Å². The Hall–Kier alpha value is -0.113. The molecule has 1 saturated heterocycles. The summed E-state index contributed by atoms with van der Waals surface area (Å²) in [7, 11) is 0.939. The fourth-order valence-electron chi connectivity index (χ4n) is 0.544. The van der Waals surface area contributed by atoms with Gasteiger partial charge in [-0.15, -0.1) is 0 Å². The van der Waals surface area contributed by atoms with Crippen molar-refractivity contribution >= 4 is 15.3 Å². The van der Waals surface area contributed by atoms with Gasteiger partial charge in [-0.2, -0.15) is 0 Å². The van der Waals surface area contributed by atoms with Crippen molar-refractivity contribution in [2.45, 2.75) is 18.5 Å². The predicted octanol–water partition coefficient (Wildman–Crippen LogP) is 0.500. The molecule has 0 aromatic carbocycles. The Morgan fingerprint density at radius 1 is 1.67 bits per heavy atom. The Balaban J connectivity index is 2.37. The van der Waals surface area contributed by atoms with E-state index < -0.39 is 0 Å². The molecule has 2 heteroatoms. The summed E-state index contributed by atoms with van der Waals surface area (Å²) in [5.74, 6) is 0.466. The van der Waals surface area contributed by atoms with Gasteiger partial charge in [0.15, 0.2) is 0 Å². The second-order valence-electron chi connectivity index (χ2n) is 1.47.